The van der Waals surface area contributed by atoms with E-state index in [2.05, 4.69) is 19.8 Å². The molecule has 0 rings (SSSR count). The van der Waals surface area contributed by atoms with Gasteiger partial charge in [0.2, 0.25) is 0 Å². The van der Waals surface area contributed by atoms with Crippen molar-refractivity contribution < 1.29 is 0 Å². The van der Waals surface area contributed by atoms with Crippen molar-refractivity contribution >= 4 is 20.9 Å². The molecular weight excluding hydrogens is 83.0 g/mol. The van der Waals surface area contributed by atoms with E-state index in [0.717, 1.165) is 0 Å². The second-order valence-corrected chi connectivity index (χ2v) is 0.798. The number of hydrazone groups is 1. The molecule has 28 valence electrons. The van der Waals surface area contributed by atoms with Crippen molar-refractivity contribution in [3.8, 4) is 0 Å². The van der Waals surface area contributed by atoms with Gasteiger partial charge < -0.3 is 5.84 Å². The molecule has 0 fully saturated rings. The third kappa shape index (κ3) is 3.64. The van der Waals surface area contributed by atoms with E-state index < -0.39 is 0 Å². The van der Waals surface area contributed by atoms with E-state index in [0.29, 0.717) is 0 Å². The van der Waals surface area contributed by atoms with Gasteiger partial charge in [0, 0.05) is 0 Å². The van der Waals surface area contributed by atoms with Gasteiger partial charge in [0.25, 0.3) is 0 Å². The van der Waals surface area contributed by atoms with Crippen molar-refractivity contribution in [3.63, 3.8) is 0 Å². The topological polar surface area (TPSA) is 38.4 Å². The van der Waals surface area contributed by atoms with Crippen LogP contribution in [-0.2, 0) is 0 Å². The van der Waals surface area contributed by atoms with Gasteiger partial charge >= 0.3 is 0 Å². The molecule has 3 heteroatoms. The summed E-state index contributed by atoms with van der Waals surface area (Å²) in [7, 11) is 3.00. The Labute approximate surface area is 32.9 Å². The second kappa shape index (κ2) is 3.64. The minimum Gasteiger partial charge on any atom is -0.323 e. The lowest BCUT2D eigenvalue weighted by Gasteiger charge is -1.59. The van der Waals surface area contributed by atoms with Crippen LogP contribution in [0.5, 0.6) is 0 Å². The molecule has 0 amide bonds. The molecule has 0 bridgehead atoms. The van der Waals surface area contributed by atoms with E-state index in [1.54, 1.807) is 5.80 Å². The maximum atomic E-state index is 4.65. The van der Waals surface area contributed by atoms with Crippen LogP contribution in [0, 0.1) is 0 Å². The summed E-state index contributed by atoms with van der Waals surface area (Å²) in [5.74, 6) is 6.22. The first-order valence-electron chi connectivity index (χ1n) is 1.14. The zero-order valence-electron chi connectivity index (χ0n) is 2.68. The minimum atomic E-state index is 1.44. The molecule has 0 saturated carbocycles. The Morgan fingerprint density at radius 2 is 2.40 bits per heavy atom. The molecule has 0 aliphatic carbocycles. The van der Waals surface area contributed by atoms with Gasteiger partial charge in [0.05, 0.1) is 6.21 Å². The average molecular weight is 88.0 g/mol. The predicted molar refractivity (Wildman–Crippen MR) is 27.1 cm³/mol. The molecule has 0 radical (unpaired) electrons. The van der Waals surface area contributed by atoms with Crippen molar-refractivity contribution in [1.29, 1.82) is 0 Å². The van der Waals surface area contributed by atoms with Crippen molar-refractivity contribution in [2.45, 2.75) is 0 Å². The lowest BCUT2D eigenvalue weighted by molar-refractivity contribution is 1.27. The van der Waals surface area contributed by atoms with E-state index in [-0.39, 0.29) is 0 Å². The van der Waals surface area contributed by atoms with Gasteiger partial charge in [-0.3, -0.25) is 0 Å². The number of nitrogens with zero attached hydrogens (tertiary/aromatic N) is 1. The van der Waals surface area contributed by atoms with Crippen LogP contribution in [0.1, 0.15) is 0 Å². The molecule has 0 aliphatic rings. The molecule has 0 unspecified atom stereocenters. The molecule has 2 nitrogen and oxygen atoms in total. The van der Waals surface area contributed by atoms with E-state index in [9.17, 15) is 0 Å². The van der Waals surface area contributed by atoms with Crippen LogP contribution < -0.4 is 5.84 Å². The summed E-state index contributed by atoms with van der Waals surface area (Å²) in [4.78, 5) is 0. The number of hydrogen-bond acceptors (Lipinski definition) is 2. The lowest BCUT2D eigenvalue weighted by atomic mass is 10.9. The standard InChI is InChI=1S/C2H5N2P/c3-4-1-2-5/h1-2,5H,3H2/b4-1-. The molecule has 0 aromatic heterocycles. The van der Waals surface area contributed by atoms with Gasteiger partial charge in [0.1, 0.15) is 0 Å². The first-order valence-corrected chi connectivity index (χ1v) is 1.72. The second-order valence-electron chi connectivity index (χ2n) is 0.465. The highest BCUT2D eigenvalue weighted by Gasteiger charge is 1.42. The molecule has 5 heavy (non-hydrogen) atoms. The zero-order valence-corrected chi connectivity index (χ0v) is 3.68. The summed E-state index contributed by atoms with van der Waals surface area (Å²) in [5.41, 5.74) is 0. The number of hydrogen-bond donors (Lipinski definition) is 1. The summed E-state index contributed by atoms with van der Waals surface area (Å²) < 4.78 is 0. The Hall–Kier alpha value is -0.360. The highest BCUT2D eigenvalue weighted by atomic mass is 31.0. The van der Waals surface area contributed by atoms with Crippen LogP contribution >= 0.6 is 8.86 Å². The van der Waals surface area contributed by atoms with Crippen molar-refractivity contribution in [1.82, 2.24) is 0 Å². The third-order valence-electron chi connectivity index (χ3n) is 0.161. The summed E-state index contributed by atoms with van der Waals surface area (Å²) in [6.07, 6.45) is 1.44. The van der Waals surface area contributed by atoms with Gasteiger partial charge in [-0.15, -0.1) is 8.86 Å². The van der Waals surface area contributed by atoms with Gasteiger partial charge in [-0.1, -0.05) is 0 Å². The molecular formula is C2H5N2P. The quantitative estimate of drug-likeness (QED) is 0.206. The molecule has 0 heterocycles. The molecule has 0 aliphatic heterocycles. The predicted octanol–water partition coefficient (Wildman–Crippen LogP) is -0.124. The Kier molecular flexibility index (Phi) is 3.38. The maximum Gasteiger partial charge on any atom is 0.0505 e. The van der Waals surface area contributed by atoms with Crippen LogP contribution in [0.25, 0.3) is 0 Å². The van der Waals surface area contributed by atoms with Crippen LogP contribution in [0.15, 0.2) is 5.10 Å². The average Bonchev–Trinajstić information content (AvgIpc) is 1.41. The first kappa shape index (κ1) is 4.64. The monoisotopic (exact) mass is 88.0 g/mol. The summed E-state index contributed by atoms with van der Waals surface area (Å²) in [6.45, 7) is 0. The summed E-state index contributed by atoms with van der Waals surface area (Å²) >= 11 is 0. The fourth-order valence-corrected chi connectivity index (χ4v) is 0.129. The normalized spacial score (nSPS) is 8.80. The highest BCUT2D eigenvalue weighted by Crippen LogP contribution is 1.45. The largest absolute Gasteiger partial charge is 0.323 e. The molecule has 2 N–H and O–H groups in total. The van der Waals surface area contributed by atoms with Crippen LogP contribution in [0.2, 0.25) is 0 Å². The smallest absolute Gasteiger partial charge is 0.0505 e. The van der Waals surface area contributed by atoms with Crippen molar-refractivity contribution in [2.24, 2.45) is 10.9 Å². The summed E-state index contributed by atoms with van der Waals surface area (Å²) in [6, 6.07) is 0. The number of rotatable bonds is 1. The van der Waals surface area contributed by atoms with E-state index in [4.69, 9.17) is 0 Å². The van der Waals surface area contributed by atoms with Gasteiger partial charge in [-0.05, 0) is 5.80 Å². The number of nitrogens with two attached hydrogens (primary N) is 1. The maximum absolute atomic E-state index is 4.65. The minimum absolute atomic E-state index is 1.44. The molecule has 0 saturated heterocycles. The Morgan fingerprint density at radius 1 is 1.80 bits per heavy atom. The fourth-order valence-electron chi connectivity index (χ4n) is 0.0430. The van der Waals surface area contributed by atoms with E-state index in [1.165, 1.54) is 6.21 Å². The molecule has 0 spiro atoms. The van der Waals surface area contributed by atoms with Gasteiger partial charge in [-0.25, -0.2) is 0 Å². The highest BCUT2D eigenvalue weighted by molar-refractivity contribution is 7.21. The first-order chi connectivity index (χ1) is 2.41. The Morgan fingerprint density at radius 3 is 2.40 bits per heavy atom. The summed E-state index contributed by atoms with van der Waals surface area (Å²) in [5, 5.41) is 3.12. The van der Waals surface area contributed by atoms with Crippen LogP contribution in [-0.4, -0.2) is 12.0 Å². The molecule has 0 atom stereocenters. The van der Waals surface area contributed by atoms with Crippen LogP contribution in [0.3, 0.4) is 0 Å². The lowest BCUT2D eigenvalue weighted by Crippen LogP contribution is -1.79. The van der Waals surface area contributed by atoms with E-state index >= 15 is 0 Å². The fraction of sp³-hybridized carbons (Fsp3) is 0. The van der Waals surface area contributed by atoms with Crippen LogP contribution in [0.4, 0.5) is 0 Å². The SMILES string of the molecule is N/N=C\C=P. The van der Waals surface area contributed by atoms with Crippen molar-refractivity contribution in [3.05, 3.63) is 0 Å². The van der Waals surface area contributed by atoms with Gasteiger partial charge in [-0.2, -0.15) is 5.10 Å². The zero-order chi connectivity index (χ0) is 4.12. The van der Waals surface area contributed by atoms with E-state index in [1.807, 2.05) is 0 Å². The Balaban J connectivity index is 2.92. The molecule has 0 aromatic rings. The van der Waals surface area contributed by atoms with Crippen molar-refractivity contribution in [2.75, 3.05) is 0 Å². The Bertz CT molecular complexity index is 49.6. The third-order valence-corrected chi connectivity index (χ3v) is 0.310. The van der Waals surface area contributed by atoms with Gasteiger partial charge in [0.15, 0.2) is 0 Å². The molecule has 0 aromatic carbocycles.